The summed E-state index contributed by atoms with van der Waals surface area (Å²) in [7, 11) is 0. The van der Waals surface area contributed by atoms with Gasteiger partial charge in [0.15, 0.2) is 0 Å². The van der Waals surface area contributed by atoms with Crippen molar-refractivity contribution in [3.8, 4) is 0 Å². The van der Waals surface area contributed by atoms with Crippen molar-refractivity contribution < 1.29 is 19.4 Å². The number of hydrogen-bond acceptors (Lipinski definition) is 4. The lowest BCUT2D eigenvalue weighted by Crippen LogP contribution is -2.35. The summed E-state index contributed by atoms with van der Waals surface area (Å²) < 4.78 is 5.47. The molecule has 5 nitrogen and oxygen atoms in total. The Morgan fingerprint density at radius 2 is 1.03 bits per heavy atom. The van der Waals surface area contributed by atoms with E-state index in [9.17, 15) is 9.59 Å². The van der Waals surface area contributed by atoms with Gasteiger partial charge in [-0.2, -0.15) is 0 Å². The summed E-state index contributed by atoms with van der Waals surface area (Å²) in [5, 5.41) is 8.69. The SMILES string of the molecule is CCCCCCCCCCCCCCCCCCCCCC(CC)OC(=O)[C@@H](N)CCC(=O)O. The van der Waals surface area contributed by atoms with Crippen LogP contribution < -0.4 is 5.73 Å². The molecule has 2 atom stereocenters. The molecule has 0 aromatic rings. The predicted molar refractivity (Wildman–Crippen MR) is 143 cm³/mol. The van der Waals surface area contributed by atoms with Gasteiger partial charge in [0.1, 0.15) is 12.1 Å². The van der Waals surface area contributed by atoms with Gasteiger partial charge in [-0.1, -0.05) is 129 Å². The molecule has 0 saturated heterocycles. The van der Waals surface area contributed by atoms with E-state index in [0.717, 1.165) is 19.3 Å². The first-order valence-electron chi connectivity index (χ1n) is 14.7. The van der Waals surface area contributed by atoms with Crippen LogP contribution in [0.3, 0.4) is 0 Å². The van der Waals surface area contributed by atoms with E-state index in [1.807, 2.05) is 6.92 Å². The standard InChI is InChI=1S/C29H57NO4/c1-3-5-6-7-8-9-10-11-12-13-14-15-16-17-18-19-20-21-22-23-26(4-2)34-29(33)27(30)24-25-28(31)32/h26-27H,3-25,30H2,1-2H3,(H,31,32)/t26?,27-/m0/s1. The molecule has 0 spiro atoms. The maximum Gasteiger partial charge on any atom is 0.323 e. The highest BCUT2D eigenvalue weighted by atomic mass is 16.5. The molecule has 0 radical (unpaired) electrons. The zero-order valence-corrected chi connectivity index (χ0v) is 22.7. The summed E-state index contributed by atoms with van der Waals surface area (Å²) in [6, 6.07) is -0.838. The third kappa shape index (κ3) is 22.7. The Morgan fingerprint density at radius 1 is 0.647 bits per heavy atom. The molecular weight excluding hydrogens is 426 g/mol. The molecule has 0 rings (SSSR count). The van der Waals surface area contributed by atoms with Crippen LogP contribution in [0, 0.1) is 0 Å². The topological polar surface area (TPSA) is 89.6 Å². The van der Waals surface area contributed by atoms with Crippen molar-refractivity contribution in [1.82, 2.24) is 0 Å². The van der Waals surface area contributed by atoms with Crippen molar-refractivity contribution in [2.75, 3.05) is 0 Å². The fourth-order valence-electron chi connectivity index (χ4n) is 4.45. The monoisotopic (exact) mass is 483 g/mol. The Labute approximate surface area is 211 Å². The van der Waals surface area contributed by atoms with Gasteiger partial charge in [-0.05, 0) is 25.7 Å². The number of carbonyl (C=O) groups is 2. The van der Waals surface area contributed by atoms with Gasteiger partial charge in [0.05, 0.1) is 0 Å². The largest absolute Gasteiger partial charge is 0.481 e. The summed E-state index contributed by atoms with van der Waals surface area (Å²) in [5.41, 5.74) is 5.73. The lowest BCUT2D eigenvalue weighted by atomic mass is 10.0. The zero-order valence-electron chi connectivity index (χ0n) is 22.7. The first-order valence-corrected chi connectivity index (χ1v) is 14.7. The summed E-state index contributed by atoms with van der Waals surface area (Å²) in [6.45, 7) is 4.29. The van der Waals surface area contributed by atoms with E-state index in [-0.39, 0.29) is 18.9 Å². The maximum atomic E-state index is 12.0. The number of rotatable bonds is 26. The molecule has 5 heteroatoms. The zero-order chi connectivity index (χ0) is 25.3. The third-order valence-electron chi connectivity index (χ3n) is 6.84. The average Bonchev–Trinajstić information content (AvgIpc) is 2.82. The van der Waals surface area contributed by atoms with Crippen LogP contribution in [0.25, 0.3) is 0 Å². The van der Waals surface area contributed by atoms with Gasteiger partial charge in [-0.15, -0.1) is 0 Å². The van der Waals surface area contributed by atoms with Crippen LogP contribution in [0.2, 0.25) is 0 Å². The summed E-state index contributed by atoms with van der Waals surface area (Å²) in [4.78, 5) is 22.6. The van der Waals surface area contributed by atoms with Crippen LogP contribution in [0.1, 0.15) is 162 Å². The summed E-state index contributed by atoms with van der Waals surface area (Å²) >= 11 is 0. The van der Waals surface area contributed by atoms with E-state index in [2.05, 4.69) is 6.92 Å². The molecule has 0 aromatic heterocycles. The van der Waals surface area contributed by atoms with Crippen molar-refractivity contribution in [3.05, 3.63) is 0 Å². The number of carboxylic acid groups (broad SMARTS) is 1. The molecule has 0 aliphatic carbocycles. The minimum absolute atomic E-state index is 0.103. The molecule has 202 valence electrons. The fraction of sp³-hybridized carbons (Fsp3) is 0.931. The van der Waals surface area contributed by atoms with Crippen molar-refractivity contribution >= 4 is 11.9 Å². The van der Waals surface area contributed by atoms with E-state index in [1.165, 1.54) is 116 Å². The lowest BCUT2D eigenvalue weighted by Gasteiger charge is -2.18. The Morgan fingerprint density at radius 3 is 1.38 bits per heavy atom. The molecule has 0 aliphatic heterocycles. The second-order valence-corrected chi connectivity index (χ2v) is 10.2. The molecule has 34 heavy (non-hydrogen) atoms. The van der Waals surface area contributed by atoms with E-state index in [4.69, 9.17) is 15.6 Å². The van der Waals surface area contributed by atoms with Crippen LogP contribution >= 0.6 is 0 Å². The molecule has 0 amide bonds. The van der Waals surface area contributed by atoms with E-state index in [0.29, 0.717) is 0 Å². The highest BCUT2D eigenvalue weighted by Crippen LogP contribution is 2.16. The Kier molecular flexibility index (Phi) is 24.2. The number of carbonyl (C=O) groups excluding carboxylic acids is 1. The Hall–Kier alpha value is -1.10. The van der Waals surface area contributed by atoms with Gasteiger partial charge < -0.3 is 15.6 Å². The normalized spacial score (nSPS) is 13.0. The summed E-state index contributed by atoms with van der Waals surface area (Å²) in [5.74, 6) is -1.41. The minimum Gasteiger partial charge on any atom is -0.481 e. The van der Waals surface area contributed by atoms with Crippen LogP contribution in [-0.4, -0.2) is 29.2 Å². The lowest BCUT2D eigenvalue weighted by molar-refractivity contribution is -0.151. The molecule has 0 fully saturated rings. The van der Waals surface area contributed by atoms with E-state index >= 15 is 0 Å². The second kappa shape index (κ2) is 25.0. The van der Waals surface area contributed by atoms with Gasteiger partial charge in [0.25, 0.3) is 0 Å². The maximum absolute atomic E-state index is 12.0. The van der Waals surface area contributed by atoms with E-state index < -0.39 is 18.0 Å². The van der Waals surface area contributed by atoms with Crippen LogP contribution in [0.15, 0.2) is 0 Å². The first kappa shape index (κ1) is 32.9. The van der Waals surface area contributed by atoms with Gasteiger partial charge in [0, 0.05) is 6.42 Å². The van der Waals surface area contributed by atoms with Crippen molar-refractivity contribution in [3.63, 3.8) is 0 Å². The van der Waals surface area contributed by atoms with Crippen LogP contribution in [0.4, 0.5) is 0 Å². The molecule has 3 N–H and O–H groups in total. The number of esters is 1. The predicted octanol–water partition coefficient (Wildman–Crippen LogP) is 8.32. The van der Waals surface area contributed by atoms with Gasteiger partial charge in [0.2, 0.25) is 0 Å². The molecular formula is C29H57NO4. The quantitative estimate of drug-likeness (QED) is 0.0953. The molecule has 0 aliphatic rings. The first-order chi connectivity index (χ1) is 16.5. The molecule has 0 saturated carbocycles. The number of hydrogen-bond donors (Lipinski definition) is 2. The van der Waals surface area contributed by atoms with Crippen molar-refractivity contribution in [1.29, 1.82) is 0 Å². The Bertz CT molecular complexity index is 469. The molecule has 0 aromatic carbocycles. The fourth-order valence-corrected chi connectivity index (χ4v) is 4.45. The minimum atomic E-state index is -0.940. The number of aliphatic carboxylic acids is 1. The highest BCUT2D eigenvalue weighted by molar-refractivity contribution is 5.76. The van der Waals surface area contributed by atoms with Crippen LogP contribution in [-0.2, 0) is 14.3 Å². The van der Waals surface area contributed by atoms with Crippen molar-refractivity contribution in [2.24, 2.45) is 5.73 Å². The van der Waals surface area contributed by atoms with Gasteiger partial charge in [-0.25, -0.2) is 0 Å². The van der Waals surface area contributed by atoms with Crippen molar-refractivity contribution in [2.45, 2.75) is 174 Å². The second-order valence-electron chi connectivity index (χ2n) is 10.2. The number of ether oxygens (including phenoxy) is 1. The summed E-state index contributed by atoms with van der Waals surface area (Å²) in [6.07, 6.45) is 27.5. The number of nitrogens with two attached hydrogens (primary N) is 1. The molecule has 0 heterocycles. The molecule has 0 bridgehead atoms. The highest BCUT2D eigenvalue weighted by Gasteiger charge is 2.20. The van der Waals surface area contributed by atoms with Gasteiger partial charge in [-0.3, -0.25) is 9.59 Å². The smallest absolute Gasteiger partial charge is 0.323 e. The Balaban J connectivity index is 3.41. The van der Waals surface area contributed by atoms with E-state index in [1.54, 1.807) is 0 Å². The van der Waals surface area contributed by atoms with Gasteiger partial charge >= 0.3 is 11.9 Å². The third-order valence-corrected chi connectivity index (χ3v) is 6.84. The number of unbranched alkanes of at least 4 members (excludes halogenated alkanes) is 18. The molecule has 1 unspecified atom stereocenters. The van der Waals surface area contributed by atoms with Crippen LogP contribution in [0.5, 0.6) is 0 Å². The number of carboxylic acids is 1. The average molecular weight is 484 g/mol.